The third-order valence-electron chi connectivity index (χ3n) is 3.82. The second kappa shape index (κ2) is 9.34. The minimum atomic E-state index is 0.761. The predicted molar refractivity (Wildman–Crippen MR) is 94.0 cm³/mol. The van der Waals surface area contributed by atoms with Crippen LogP contribution >= 0.6 is 0 Å². The van der Waals surface area contributed by atoms with E-state index in [4.69, 9.17) is 9.47 Å². The van der Waals surface area contributed by atoms with E-state index in [9.17, 15) is 0 Å². The SMILES string of the molecule is CCCCCOc1cc2ccccc2cc1OCCCCC. The van der Waals surface area contributed by atoms with E-state index < -0.39 is 0 Å². The summed E-state index contributed by atoms with van der Waals surface area (Å²) >= 11 is 0. The van der Waals surface area contributed by atoms with E-state index in [-0.39, 0.29) is 0 Å². The summed E-state index contributed by atoms with van der Waals surface area (Å²) in [5, 5.41) is 2.41. The molecule has 22 heavy (non-hydrogen) atoms. The Hall–Kier alpha value is -1.70. The standard InChI is InChI=1S/C20H28O2/c1-3-5-9-13-21-19-15-17-11-7-8-12-18(17)16-20(19)22-14-10-6-4-2/h7-8,11-12,15-16H,3-6,9-10,13-14H2,1-2H3. The first-order valence-electron chi connectivity index (χ1n) is 8.63. The fourth-order valence-electron chi connectivity index (χ4n) is 2.49. The molecule has 2 aromatic carbocycles. The molecule has 0 fully saturated rings. The van der Waals surface area contributed by atoms with Crippen LogP contribution in [0.5, 0.6) is 11.5 Å². The molecule has 0 heterocycles. The van der Waals surface area contributed by atoms with E-state index >= 15 is 0 Å². The molecule has 0 aliphatic heterocycles. The molecule has 0 spiro atoms. The molecular formula is C20H28O2. The van der Waals surface area contributed by atoms with Gasteiger partial charge in [0.05, 0.1) is 13.2 Å². The third kappa shape index (κ3) is 4.94. The van der Waals surface area contributed by atoms with E-state index in [1.807, 2.05) is 0 Å². The van der Waals surface area contributed by atoms with Gasteiger partial charge in [0.1, 0.15) is 0 Å². The Labute approximate surface area is 134 Å². The maximum absolute atomic E-state index is 5.98. The van der Waals surface area contributed by atoms with Crippen molar-refractivity contribution >= 4 is 10.8 Å². The summed E-state index contributed by atoms with van der Waals surface area (Å²) in [6.07, 6.45) is 7.03. The molecule has 2 aromatic rings. The van der Waals surface area contributed by atoms with Crippen molar-refractivity contribution < 1.29 is 9.47 Å². The maximum atomic E-state index is 5.98. The fraction of sp³-hybridized carbons (Fsp3) is 0.500. The summed E-state index contributed by atoms with van der Waals surface area (Å²) in [6.45, 7) is 5.94. The Morgan fingerprint density at radius 3 is 1.55 bits per heavy atom. The zero-order chi connectivity index (χ0) is 15.6. The summed E-state index contributed by atoms with van der Waals surface area (Å²) < 4.78 is 12.0. The van der Waals surface area contributed by atoms with Crippen LogP contribution < -0.4 is 9.47 Å². The van der Waals surface area contributed by atoms with Gasteiger partial charge in [-0.2, -0.15) is 0 Å². The van der Waals surface area contributed by atoms with E-state index in [2.05, 4.69) is 50.2 Å². The van der Waals surface area contributed by atoms with Gasteiger partial charge in [0.2, 0.25) is 0 Å². The number of unbranched alkanes of at least 4 members (excludes halogenated alkanes) is 4. The van der Waals surface area contributed by atoms with Crippen LogP contribution in [0, 0.1) is 0 Å². The van der Waals surface area contributed by atoms with Crippen LogP contribution in [0.1, 0.15) is 52.4 Å². The summed E-state index contributed by atoms with van der Waals surface area (Å²) in [5.41, 5.74) is 0. The van der Waals surface area contributed by atoms with Crippen molar-refractivity contribution in [2.45, 2.75) is 52.4 Å². The minimum Gasteiger partial charge on any atom is -0.490 e. The zero-order valence-corrected chi connectivity index (χ0v) is 13.9. The largest absolute Gasteiger partial charge is 0.490 e. The highest BCUT2D eigenvalue weighted by Crippen LogP contribution is 2.33. The molecule has 0 aliphatic rings. The molecule has 2 nitrogen and oxygen atoms in total. The Morgan fingerprint density at radius 2 is 1.14 bits per heavy atom. The van der Waals surface area contributed by atoms with Crippen molar-refractivity contribution in [2.75, 3.05) is 13.2 Å². The lowest BCUT2D eigenvalue weighted by atomic mass is 10.1. The number of benzene rings is 2. The molecule has 0 amide bonds. The molecule has 2 heteroatoms. The summed E-state index contributed by atoms with van der Waals surface area (Å²) in [7, 11) is 0. The maximum Gasteiger partial charge on any atom is 0.161 e. The number of hydrogen-bond donors (Lipinski definition) is 0. The van der Waals surface area contributed by atoms with Crippen LogP contribution in [0.3, 0.4) is 0 Å². The lowest BCUT2D eigenvalue weighted by Crippen LogP contribution is -2.02. The summed E-state index contributed by atoms with van der Waals surface area (Å²) in [5.74, 6) is 1.76. The molecule has 0 saturated heterocycles. The fourth-order valence-corrected chi connectivity index (χ4v) is 2.49. The molecule has 0 aromatic heterocycles. The van der Waals surface area contributed by atoms with Crippen LogP contribution in [0.4, 0.5) is 0 Å². The highest BCUT2D eigenvalue weighted by Gasteiger charge is 2.08. The minimum absolute atomic E-state index is 0.761. The Morgan fingerprint density at radius 1 is 0.682 bits per heavy atom. The Kier molecular flexibility index (Phi) is 7.08. The van der Waals surface area contributed by atoms with Crippen LogP contribution in [0.2, 0.25) is 0 Å². The van der Waals surface area contributed by atoms with Crippen LogP contribution in [0.25, 0.3) is 10.8 Å². The van der Waals surface area contributed by atoms with Crippen molar-refractivity contribution in [3.8, 4) is 11.5 Å². The van der Waals surface area contributed by atoms with Crippen molar-refractivity contribution in [1.29, 1.82) is 0 Å². The van der Waals surface area contributed by atoms with Crippen LogP contribution in [-0.2, 0) is 0 Å². The average molecular weight is 300 g/mol. The van der Waals surface area contributed by atoms with Gasteiger partial charge in [0.15, 0.2) is 11.5 Å². The normalized spacial score (nSPS) is 10.8. The number of ether oxygens (including phenoxy) is 2. The van der Waals surface area contributed by atoms with Gasteiger partial charge in [0.25, 0.3) is 0 Å². The van der Waals surface area contributed by atoms with Gasteiger partial charge in [-0.3, -0.25) is 0 Å². The van der Waals surface area contributed by atoms with Crippen molar-refractivity contribution in [1.82, 2.24) is 0 Å². The molecule has 0 saturated carbocycles. The van der Waals surface area contributed by atoms with Crippen molar-refractivity contribution in [3.05, 3.63) is 36.4 Å². The molecule has 0 unspecified atom stereocenters. The quantitative estimate of drug-likeness (QED) is 0.503. The molecule has 2 rings (SSSR count). The van der Waals surface area contributed by atoms with Crippen LogP contribution in [-0.4, -0.2) is 13.2 Å². The first kappa shape index (κ1) is 16.7. The monoisotopic (exact) mass is 300 g/mol. The summed E-state index contributed by atoms with van der Waals surface area (Å²) in [6, 6.07) is 12.6. The van der Waals surface area contributed by atoms with Gasteiger partial charge in [-0.05, 0) is 35.7 Å². The van der Waals surface area contributed by atoms with Gasteiger partial charge >= 0.3 is 0 Å². The van der Waals surface area contributed by atoms with Crippen molar-refractivity contribution in [3.63, 3.8) is 0 Å². The first-order chi connectivity index (χ1) is 10.8. The molecule has 0 atom stereocenters. The van der Waals surface area contributed by atoms with Gasteiger partial charge in [-0.25, -0.2) is 0 Å². The number of hydrogen-bond acceptors (Lipinski definition) is 2. The molecule has 0 N–H and O–H groups in total. The van der Waals surface area contributed by atoms with Gasteiger partial charge in [-0.15, -0.1) is 0 Å². The van der Waals surface area contributed by atoms with Crippen LogP contribution in [0.15, 0.2) is 36.4 Å². The molecule has 0 radical (unpaired) electrons. The number of rotatable bonds is 10. The highest BCUT2D eigenvalue weighted by atomic mass is 16.5. The first-order valence-corrected chi connectivity index (χ1v) is 8.63. The summed E-state index contributed by atoms with van der Waals surface area (Å²) in [4.78, 5) is 0. The number of fused-ring (bicyclic) bond motifs is 1. The van der Waals surface area contributed by atoms with Gasteiger partial charge in [-0.1, -0.05) is 63.8 Å². The Bertz CT molecular complexity index is 512. The molecule has 0 aliphatic carbocycles. The van der Waals surface area contributed by atoms with E-state index in [0.717, 1.165) is 37.6 Å². The highest BCUT2D eigenvalue weighted by molar-refractivity contribution is 5.86. The molecule has 0 bridgehead atoms. The van der Waals surface area contributed by atoms with E-state index in [1.165, 1.54) is 36.5 Å². The van der Waals surface area contributed by atoms with Gasteiger partial charge < -0.3 is 9.47 Å². The van der Waals surface area contributed by atoms with Gasteiger partial charge in [0, 0.05) is 0 Å². The zero-order valence-electron chi connectivity index (χ0n) is 13.9. The Balaban J connectivity index is 2.09. The van der Waals surface area contributed by atoms with E-state index in [1.54, 1.807) is 0 Å². The molecular weight excluding hydrogens is 272 g/mol. The lowest BCUT2D eigenvalue weighted by Gasteiger charge is -2.14. The second-order valence-electron chi connectivity index (χ2n) is 5.76. The second-order valence-corrected chi connectivity index (χ2v) is 5.76. The smallest absolute Gasteiger partial charge is 0.161 e. The molecule has 120 valence electrons. The average Bonchev–Trinajstić information content (AvgIpc) is 2.55. The topological polar surface area (TPSA) is 18.5 Å². The third-order valence-corrected chi connectivity index (χ3v) is 3.82. The van der Waals surface area contributed by atoms with E-state index in [0.29, 0.717) is 0 Å². The van der Waals surface area contributed by atoms with Crippen molar-refractivity contribution in [2.24, 2.45) is 0 Å². The lowest BCUT2D eigenvalue weighted by molar-refractivity contribution is 0.260. The predicted octanol–water partition coefficient (Wildman–Crippen LogP) is 5.98.